The van der Waals surface area contributed by atoms with Gasteiger partial charge in [0.2, 0.25) is 0 Å². The van der Waals surface area contributed by atoms with Gasteiger partial charge < -0.3 is 9.79 Å². The zero-order chi connectivity index (χ0) is 17.5. The molecule has 0 aromatic heterocycles. The Balaban J connectivity index is 2.44. The average molecular weight is 362 g/mol. The molecule has 23 heavy (non-hydrogen) atoms. The monoisotopic (exact) mass is 362 g/mol. The SMILES string of the molecule is CC(=CCCCC(P(=O)(O)O)S(=O)(=O)O)CCc1ccccc1. The normalized spacial score (nSPS) is 14.7. The van der Waals surface area contributed by atoms with Crippen LogP contribution in [-0.2, 0) is 21.1 Å². The first kappa shape index (κ1) is 20.1. The van der Waals surface area contributed by atoms with Crippen molar-refractivity contribution >= 4 is 17.7 Å². The van der Waals surface area contributed by atoms with Crippen LogP contribution >= 0.6 is 7.60 Å². The first-order valence-corrected chi connectivity index (χ1v) is 10.5. The van der Waals surface area contributed by atoms with Gasteiger partial charge in [0.05, 0.1) is 0 Å². The largest absolute Gasteiger partial charge is 0.346 e. The van der Waals surface area contributed by atoms with E-state index in [4.69, 9.17) is 14.3 Å². The van der Waals surface area contributed by atoms with Gasteiger partial charge in [-0.15, -0.1) is 0 Å². The van der Waals surface area contributed by atoms with Crippen LogP contribution < -0.4 is 0 Å². The molecule has 0 aliphatic carbocycles. The summed E-state index contributed by atoms with van der Waals surface area (Å²) in [5.41, 5.74) is 2.36. The quantitative estimate of drug-likeness (QED) is 0.269. The van der Waals surface area contributed by atoms with Gasteiger partial charge in [-0.2, -0.15) is 8.42 Å². The zero-order valence-corrected chi connectivity index (χ0v) is 14.7. The van der Waals surface area contributed by atoms with E-state index in [1.165, 1.54) is 5.56 Å². The van der Waals surface area contributed by atoms with Gasteiger partial charge in [-0.3, -0.25) is 9.12 Å². The molecule has 1 atom stereocenters. The summed E-state index contributed by atoms with van der Waals surface area (Å²) >= 11 is 0. The fourth-order valence-corrected chi connectivity index (χ4v) is 4.59. The number of rotatable bonds is 9. The Hall–Kier alpha value is -0.980. The number of aryl methyl sites for hydroxylation is 1. The lowest BCUT2D eigenvalue weighted by molar-refractivity contribution is 0.360. The third kappa shape index (κ3) is 7.90. The van der Waals surface area contributed by atoms with Crippen LogP contribution in [0.2, 0.25) is 0 Å². The Kier molecular flexibility index (Phi) is 7.64. The summed E-state index contributed by atoms with van der Waals surface area (Å²) in [5.74, 6) is 0. The lowest BCUT2D eigenvalue weighted by Crippen LogP contribution is -2.20. The molecule has 8 heteroatoms. The van der Waals surface area contributed by atoms with Crippen LogP contribution in [0.5, 0.6) is 0 Å². The van der Waals surface area contributed by atoms with Crippen molar-refractivity contribution in [2.45, 2.75) is 44.0 Å². The molecule has 1 aromatic rings. The van der Waals surface area contributed by atoms with Crippen molar-refractivity contribution in [3.8, 4) is 0 Å². The second-order valence-corrected chi connectivity index (χ2v) is 9.28. The molecular formula is C15H23O6PS. The third-order valence-electron chi connectivity index (χ3n) is 3.52. The predicted octanol–water partition coefficient (Wildman–Crippen LogP) is 3.13. The van der Waals surface area contributed by atoms with Gasteiger partial charge in [-0.05, 0) is 44.6 Å². The highest BCUT2D eigenvalue weighted by atomic mass is 32.2. The Labute approximate surface area is 137 Å². The Bertz CT molecular complexity index is 662. The van der Waals surface area contributed by atoms with E-state index >= 15 is 0 Å². The minimum Gasteiger partial charge on any atom is -0.323 e. The molecule has 130 valence electrons. The van der Waals surface area contributed by atoms with Gasteiger partial charge in [0.1, 0.15) is 0 Å². The molecular weight excluding hydrogens is 339 g/mol. The summed E-state index contributed by atoms with van der Waals surface area (Å²) in [6.45, 7) is 1.96. The van der Waals surface area contributed by atoms with Gasteiger partial charge in [0.15, 0.2) is 4.99 Å². The third-order valence-corrected chi connectivity index (χ3v) is 7.07. The highest BCUT2D eigenvalue weighted by molar-refractivity contribution is 7.93. The van der Waals surface area contributed by atoms with E-state index in [2.05, 4.69) is 0 Å². The van der Waals surface area contributed by atoms with E-state index in [9.17, 15) is 13.0 Å². The van der Waals surface area contributed by atoms with E-state index in [0.717, 1.165) is 18.4 Å². The highest BCUT2D eigenvalue weighted by Gasteiger charge is 2.38. The molecule has 0 saturated carbocycles. The summed E-state index contributed by atoms with van der Waals surface area (Å²) in [6, 6.07) is 10.0. The van der Waals surface area contributed by atoms with E-state index < -0.39 is 22.7 Å². The maximum Gasteiger partial charge on any atom is 0.346 e. The standard InChI is InChI=1S/C15H23O6PS/c1-13(11-12-14-8-3-2-4-9-14)7-5-6-10-15(22(16,17)18)23(19,20)21/h2-4,7-9,15H,5-6,10-12H2,1H3,(H2,16,17,18)(H,19,20,21). The summed E-state index contributed by atoms with van der Waals surface area (Å²) in [4.78, 5) is 15.9. The molecule has 3 N–H and O–H groups in total. The Morgan fingerprint density at radius 3 is 2.39 bits per heavy atom. The van der Waals surface area contributed by atoms with Crippen LogP contribution in [0.25, 0.3) is 0 Å². The molecule has 6 nitrogen and oxygen atoms in total. The summed E-state index contributed by atoms with van der Waals surface area (Å²) in [6.07, 6.45) is 4.21. The molecule has 0 spiro atoms. The average Bonchev–Trinajstić information content (AvgIpc) is 2.43. The van der Waals surface area contributed by atoms with Crippen molar-refractivity contribution in [1.29, 1.82) is 0 Å². The van der Waals surface area contributed by atoms with Crippen molar-refractivity contribution in [3.05, 3.63) is 47.5 Å². The van der Waals surface area contributed by atoms with Crippen molar-refractivity contribution in [3.63, 3.8) is 0 Å². The van der Waals surface area contributed by atoms with E-state index in [1.807, 2.05) is 43.3 Å². The molecule has 1 unspecified atom stereocenters. The second-order valence-electron chi connectivity index (χ2n) is 5.53. The molecule has 0 fully saturated rings. The van der Waals surface area contributed by atoms with Gasteiger partial charge in [0.25, 0.3) is 10.1 Å². The van der Waals surface area contributed by atoms with Crippen molar-refractivity contribution in [1.82, 2.24) is 0 Å². The van der Waals surface area contributed by atoms with Crippen LogP contribution in [0.15, 0.2) is 42.0 Å². The van der Waals surface area contributed by atoms with Crippen LogP contribution in [0, 0.1) is 0 Å². The number of hydrogen-bond acceptors (Lipinski definition) is 3. The van der Waals surface area contributed by atoms with E-state index in [1.54, 1.807) is 0 Å². The number of unbranched alkanes of at least 4 members (excludes halogenated alkanes) is 1. The molecule has 0 saturated heterocycles. The highest BCUT2D eigenvalue weighted by Crippen LogP contribution is 2.46. The fraction of sp³-hybridized carbons (Fsp3) is 0.467. The molecule has 0 aliphatic heterocycles. The van der Waals surface area contributed by atoms with E-state index in [0.29, 0.717) is 6.42 Å². The van der Waals surface area contributed by atoms with Crippen molar-refractivity contribution in [2.75, 3.05) is 0 Å². The smallest absolute Gasteiger partial charge is 0.323 e. The number of benzene rings is 1. The topological polar surface area (TPSA) is 112 Å². The minimum absolute atomic E-state index is 0.272. The molecule has 0 aliphatic rings. The maximum atomic E-state index is 11.1. The number of allylic oxidation sites excluding steroid dienone is 2. The summed E-state index contributed by atoms with van der Waals surface area (Å²) in [7, 11) is -9.63. The number of hydrogen-bond donors (Lipinski definition) is 3. The zero-order valence-electron chi connectivity index (χ0n) is 13.0. The van der Waals surface area contributed by atoms with Gasteiger partial charge >= 0.3 is 7.60 Å². The molecule has 0 bridgehead atoms. The molecule has 0 heterocycles. The Morgan fingerprint density at radius 2 is 1.87 bits per heavy atom. The molecule has 0 amide bonds. The van der Waals surface area contributed by atoms with Gasteiger partial charge in [-0.25, -0.2) is 0 Å². The molecule has 1 rings (SSSR count). The Morgan fingerprint density at radius 1 is 1.26 bits per heavy atom. The first-order valence-electron chi connectivity index (χ1n) is 7.32. The molecule has 1 aromatic carbocycles. The maximum absolute atomic E-state index is 11.1. The van der Waals surface area contributed by atoms with Crippen molar-refractivity contribution in [2.24, 2.45) is 0 Å². The molecule has 0 radical (unpaired) electrons. The predicted molar refractivity (Wildman–Crippen MR) is 89.8 cm³/mol. The van der Waals surface area contributed by atoms with Gasteiger partial charge in [0, 0.05) is 0 Å². The first-order chi connectivity index (χ1) is 10.6. The fourth-order valence-electron chi connectivity index (χ4n) is 2.22. The summed E-state index contributed by atoms with van der Waals surface area (Å²) < 4.78 is 42.0. The van der Waals surface area contributed by atoms with Crippen LogP contribution in [0.1, 0.15) is 38.2 Å². The van der Waals surface area contributed by atoms with Crippen molar-refractivity contribution < 1.29 is 27.3 Å². The summed E-state index contributed by atoms with van der Waals surface area (Å²) in [5, 5.41) is 0. The lowest BCUT2D eigenvalue weighted by Gasteiger charge is -2.14. The van der Waals surface area contributed by atoms with Crippen LogP contribution in [-0.4, -0.2) is 27.7 Å². The van der Waals surface area contributed by atoms with Crippen LogP contribution in [0.4, 0.5) is 0 Å². The second kappa shape index (κ2) is 8.76. The van der Waals surface area contributed by atoms with Gasteiger partial charge in [-0.1, -0.05) is 42.0 Å². The minimum atomic E-state index is -4.87. The van der Waals surface area contributed by atoms with Crippen LogP contribution in [0.3, 0.4) is 0 Å². The lowest BCUT2D eigenvalue weighted by atomic mass is 10.0. The van der Waals surface area contributed by atoms with E-state index in [-0.39, 0.29) is 12.8 Å².